The van der Waals surface area contributed by atoms with Crippen molar-refractivity contribution in [3.05, 3.63) is 58.1 Å². The SMILES string of the molecule is CCCOC(=O)c1cccc(OC(=O)c2cc(Br)ccc2OCC(C)C)c1. The highest BCUT2D eigenvalue weighted by Gasteiger charge is 2.17. The Labute approximate surface area is 167 Å². The number of carbonyl (C=O) groups is 2. The van der Waals surface area contributed by atoms with E-state index in [0.29, 0.717) is 36.0 Å². The third-order valence-electron chi connectivity index (χ3n) is 3.45. The fourth-order valence-corrected chi connectivity index (χ4v) is 2.53. The minimum Gasteiger partial charge on any atom is -0.492 e. The number of esters is 2. The first-order chi connectivity index (χ1) is 12.9. The summed E-state index contributed by atoms with van der Waals surface area (Å²) in [6.45, 7) is 6.81. The summed E-state index contributed by atoms with van der Waals surface area (Å²) in [7, 11) is 0. The van der Waals surface area contributed by atoms with E-state index < -0.39 is 11.9 Å². The summed E-state index contributed by atoms with van der Waals surface area (Å²) in [5.41, 5.74) is 0.642. The zero-order valence-corrected chi connectivity index (χ0v) is 17.2. The Morgan fingerprint density at radius 3 is 2.56 bits per heavy atom. The highest BCUT2D eigenvalue weighted by Crippen LogP contribution is 2.26. The van der Waals surface area contributed by atoms with E-state index in [1.807, 2.05) is 20.8 Å². The summed E-state index contributed by atoms with van der Waals surface area (Å²) in [4.78, 5) is 24.6. The van der Waals surface area contributed by atoms with Crippen LogP contribution in [0.3, 0.4) is 0 Å². The van der Waals surface area contributed by atoms with Crippen molar-refractivity contribution in [3.8, 4) is 11.5 Å². The van der Waals surface area contributed by atoms with Crippen LogP contribution in [0.1, 0.15) is 47.9 Å². The van der Waals surface area contributed by atoms with Gasteiger partial charge in [-0.15, -0.1) is 0 Å². The largest absolute Gasteiger partial charge is 0.492 e. The second-order valence-corrected chi connectivity index (χ2v) is 7.31. The molecular formula is C21H23BrO5. The van der Waals surface area contributed by atoms with Crippen molar-refractivity contribution in [2.24, 2.45) is 5.92 Å². The molecule has 0 aliphatic rings. The van der Waals surface area contributed by atoms with Gasteiger partial charge in [-0.05, 0) is 48.7 Å². The Morgan fingerprint density at radius 2 is 1.85 bits per heavy atom. The van der Waals surface area contributed by atoms with Crippen LogP contribution < -0.4 is 9.47 Å². The molecule has 0 unspecified atom stereocenters. The molecule has 2 aromatic carbocycles. The summed E-state index contributed by atoms with van der Waals surface area (Å²) in [6.07, 6.45) is 0.739. The maximum absolute atomic E-state index is 12.6. The number of carbonyl (C=O) groups excluding carboxylic acids is 2. The fraction of sp³-hybridized carbons (Fsp3) is 0.333. The maximum Gasteiger partial charge on any atom is 0.347 e. The first kappa shape index (κ1) is 21.0. The molecule has 0 aromatic heterocycles. The molecule has 0 fully saturated rings. The second kappa shape index (κ2) is 10.1. The molecule has 0 aliphatic heterocycles. The molecule has 2 rings (SSSR count). The Kier molecular flexibility index (Phi) is 7.85. The van der Waals surface area contributed by atoms with Crippen molar-refractivity contribution in [3.63, 3.8) is 0 Å². The molecule has 2 aromatic rings. The minimum absolute atomic E-state index is 0.265. The van der Waals surface area contributed by atoms with Crippen LogP contribution in [-0.2, 0) is 4.74 Å². The normalized spacial score (nSPS) is 10.6. The smallest absolute Gasteiger partial charge is 0.347 e. The summed E-state index contributed by atoms with van der Waals surface area (Å²) in [5, 5.41) is 0. The first-order valence-electron chi connectivity index (χ1n) is 8.82. The summed E-state index contributed by atoms with van der Waals surface area (Å²) >= 11 is 3.36. The Bertz CT molecular complexity index is 801. The minimum atomic E-state index is -0.561. The maximum atomic E-state index is 12.6. The van der Waals surface area contributed by atoms with Crippen LogP contribution in [-0.4, -0.2) is 25.2 Å². The third-order valence-corrected chi connectivity index (χ3v) is 3.94. The van der Waals surface area contributed by atoms with Gasteiger partial charge >= 0.3 is 11.9 Å². The van der Waals surface area contributed by atoms with E-state index in [4.69, 9.17) is 14.2 Å². The molecule has 0 saturated heterocycles. The van der Waals surface area contributed by atoms with E-state index in [-0.39, 0.29) is 5.75 Å². The van der Waals surface area contributed by atoms with Gasteiger partial charge in [-0.25, -0.2) is 9.59 Å². The van der Waals surface area contributed by atoms with Crippen LogP contribution in [0.25, 0.3) is 0 Å². The molecule has 0 N–H and O–H groups in total. The predicted octanol–water partition coefficient (Wildman–Crippen LogP) is 5.27. The summed E-state index contributed by atoms with van der Waals surface area (Å²) < 4.78 is 17.0. The van der Waals surface area contributed by atoms with Crippen LogP contribution in [0.4, 0.5) is 0 Å². The van der Waals surface area contributed by atoms with Crippen LogP contribution in [0.15, 0.2) is 46.9 Å². The molecule has 0 heterocycles. The number of rotatable bonds is 8. The quantitative estimate of drug-likeness (QED) is 0.418. The van der Waals surface area contributed by atoms with Crippen molar-refractivity contribution in [2.45, 2.75) is 27.2 Å². The van der Waals surface area contributed by atoms with E-state index in [1.54, 1.807) is 36.4 Å². The molecular weight excluding hydrogens is 412 g/mol. The van der Waals surface area contributed by atoms with Crippen molar-refractivity contribution >= 4 is 27.9 Å². The molecule has 0 aliphatic carbocycles. The van der Waals surface area contributed by atoms with Gasteiger partial charge in [0.05, 0.1) is 18.8 Å². The highest BCUT2D eigenvalue weighted by molar-refractivity contribution is 9.10. The Hall–Kier alpha value is -2.34. The molecule has 0 amide bonds. The van der Waals surface area contributed by atoms with Gasteiger partial charge in [-0.3, -0.25) is 0 Å². The monoisotopic (exact) mass is 434 g/mol. The van der Waals surface area contributed by atoms with Crippen LogP contribution in [0.2, 0.25) is 0 Å². The van der Waals surface area contributed by atoms with E-state index in [0.717, 1.165) is 10.9 Å². The molecule has 0 bridgehead atoms. The topological polar surface area (TPSA) is 61.8 Å². The molecule has 27 heavy (non-hydrogen) atoms. The Balaban J connectivity index is 2.17. The summed E-state index contributed by atoms with van der Waals surface area (Å²) in [5.74, 6) is 0.0340. The molecule has 5 nitrogen and oxygen atoms in total. The summed E-state index contributed by atoms with van der Waals surface area (Å²) in [6, 6.07) is 11.5. The number of halogens is 1. The third kappa shape index (κ3) is 6.40. The fourth-order valence-electron chi connectivity index (χ4n) is 2.17. The van der Waals surface area contributed by atoms with Crippen LogP contribution in [0, 0.1) is 5.92 Å². The molecule has 0 atom stereocenters. The first-order valence-corrected chi connectivity index (χ1v) is 9.61. The van der Waals surface area contributed by atoms with Crippen molar-refractivity contribution < 1.29 is 23.8 Å². The van der Waals surface area contributed by atoms with Crippen LogP contribution in [0.5, 0.6) is 11.5 Å². The van der Waals surface area contributed by atoms with Gasteiger partial charge in [-0.1, -0.05) is 42.8 Å². The average Bonchev–Trinajstić information content (AvgIpc) is 2.65. The number of ether oxygens (including phenoxy) is 3. The van der Waals surface area contributed by atoms with Crippen LogP contribution >= 0.6 is 15.9 Å². The molecule has 144 valence electrons. The van der Waals surface area contributed by atoms with E-state index in [1.165, 1.54) is 6.07 Å². The van der Waals surface area contributed by atoms with Gasteiger partial charge in [0.15, 0.2) is 0 Å². The van der Waals surface area contributed by atoms with Crippen molar-refractivity contribution in [1.82, 2.24) is 0 Å². The van der Waals surface area contributed by atoms with Gasteiger partial charge in [0.2, 0.25) is 0 Å². The van der Waals surface area contributed by atoms with Gasteiger partial charge in [-0.2, -0.15) is 0 Å². The zero-order valence-electron chi connectivity index (χ0n) is 15.7. The highest BCUT2D eigenvalue weighted by atomic mass is 79.9. The number of benzene rings is 2. The Morgan fingerprint density at radius 1 is 1.07 bits per heavy atom. The lowest BCUT2D eigenvalue weighted by molar-refractivity contribution is 0.0503. The lowest BCUT2D eigenvalue weighted by Gasteiger charge is -2.13. The number of hydrogen-bond donors (Lipinski definition) is 0. The van der Waals surface area contributed by atoms with E-state index >= 15 is 0 Å². The lowest BCUT2D eigenvalue weighted by atomic mass is 10.2. The second-order valence-electron chi connectivity index (χ2n) is 6.40. The van der Waals surface area contributed by atoms with Crippen molar-refractivity contribution in [2.75, 3.05) is 13.2 Å². The van der Waals surface area contributed by atoms with E-state index in [2.05, 4.69) is 15.9 Å². The molecule has 0 saturated carbocycles. The van der Waals surface area contributed by atoms with Gasteiger partial charge in [0, 0.05) is 4.47 Å². The molecule has 6 heteroatoms. The van der Waals surface area contributed by atoms with Crippen molar-refractivity contribution in [1.29, 1.82) is 0 Å². The zero-order chi connectivity index (χ0) is 19.8. The molecule has 0 spiro atoms. The lowest BCUT2D eigenvalue weighted by Crippen LogP contribution is -2.13. The van der Waals surface area contributed by atoms with Gasteiger partial charge < -0.3 is 14.2 Å². The van der Waals surface area contributed by atoms with E-state index in [9.17, 15) is 9.59 Å². The standard InChI is InChI=1S/C21H23BrO5/c1-4-10-25-20(23)15-6-5-7-17(11-15)27-21(24)18-12-16(22)8-9-19(18)26-13-14(2)3/h5-9,11-12,14H,4,10,13H2,1-3H3. The number of hydrogen-bond acceptors (Lipinski definition) is 5. The van der Waals surface area contributed by atoms with Gasteiger partial charge in [0.1, 0.15) is 17.1 Å². The van der Waals surface area contributed by atoms with Gasteiger partial charge in [0.25, 0.3) is 0 Å². The predicted molar refractivity (Wildman–Crippen MR) is 106 cm³/mol. The molecule has 0 radical (unpaired) electrons. The average molecular weight is 435 g/mol.